The first-order chi connectivity index (χ1) is 9.41. The predicted octanol–water partition coefficient (Wildman–Crippen LogP) is 2.40. The quantitative estimate of drug-likeness (QED) is 0.894. The Hall–Kier alpha value is -0.590. The predicted molar refractivity (Wildman–Crippen MR) is 83.1 cm³/mol. The molecule has 0 radical (unpaired) electrons. The Morgan fingerprint density at radius 1 is 1.35 bits per heavy atom. The zero-order valence-electron chi connectivity index (χ0n) is 11.8. The summed E-state index contributed by atoms with van der Waals surface area (Å²) in [7, 11) is -1.81. The molecule has 112 valence electrons. The van der Waals surface area contributed by atoms with Crippen LogP contribution in [0.4, 0.5) is 0 Å². The second kappa shape index (κ2) is 6.45. The zero-order chi connectivity index (χ0) is 14.8. The maximum Gasteiger partial charge on any atom is 0.179 e. The third-order valence-electron chi connectivity index (χ3n) is 3.66. The lowest BCUT2D eigenvalue weighted by Crippen LogP contribution is -2.28. The van der Waals surface area contributed by atoms with Crippen LogP contribution < -0.4 is 10.1 Å². The smallest absolute Gasteiger partial charge is 0.179 e. The molecule has 0 amide bonds. The van der Waals surface area contributed by atoms with Crippen molar-refractivity contribution < 1.29 is 13.2 Å². The molecule has 1 heterocycles. The Morgan fingerprint density at radius 2 is 2.00 bits per heavy atom. The summed E-state index contributed by atoms with van der Waals surface area (Å²) in [6, 6.07) is 3.72. The van der Waals surface area contributed by atoms with Crippen molar-refractivity contribution in [3.05, 3.63) is 22.2 Å². The Morgan fingerprint density at radius 3 is 2.55 bits per heavy atom. The minimum atomic E-state index is -3.30. The van der Waals surface area contributed by atoms with Crippen LogP contribution in [0.1, 0.15) is 18.4 Å². The normalized spacial score (nSPS) is 17.1. The van der Waals surface area contributed by atoms with E-state index in [1.807, 2.05) is 6.07 Å². The van der Waals surface area contributed by atoms with Gasteiger partial charge >= 0.3 is 0 Å². The molecule has 0 bridgehead atoms. The zero-order valence-corrected chi connectivity index (χ0v) is 14.2. The maximum atomic E-state index is 11.9. The number of halogens is 1. The number of rotatable bonds is 4. The second-order valence-corrected chi connectivity index (χ2v) is 8.12. The standard InChI is InChI=1S/C14H20BrNO3S/c1-19-14-12(15)8-11(9-13(14)20(2,17)18)7-10-3-5-16-6-4-10/h8-10,16H,3-7H2,1-2H3. The third kappa shape index (κ3) is 3.74. The van der Waals surface area contributed by atoms with Gasteiger partial charge in [0.2, 0.25) is 0 Å². The third-order valence-corrected chi connectivity index (χ3v) is 5.35. The summed E-state index contributed by atoms with van der Waals surface area (Å²) in [5.74, 6) is 1.01. The van der Waals surface area contributed by atoms with Gasteiger partial charge < -0.3 is 10.1 Å². The number of hydrogen-bond donors (Lipinski definition) is 1. The van der Waals surface area contributed by atoms with E-state index in [4.69, 9.17) is 4.74 Å². The van der Waals surface area contributed by atoms with Crippen LogP contribution in [0.3, 0.4) is 0 Å². The van der Waals surface area contributed by atoms with Gasteiger partial charge in [0.15, 0.2) is 15.6 Å². The van der Waals surface area contributed by atoms with E-state index < -0.39 is 9.84 Å². The fourth-order valence-electron chi connectivity index (χ4n) is 2.63. The second-order valence-electron chi connectivity index (χ2n) is 5.28. The fraction of sp³-hybridized carbons (Fsp3) is 0.571. The van der Waals surface area contributed by atoms with Gasteiger partial charge in [-0.2, -0.15) is 0 Å². The molecule has 6 heteroatoms. The van der Waals surface area contributed by atoms with Gasteiger partial charge in [0.05, 0.1) is 11.6 Å². The molecular weight excluding hydrogens is 342 g/mol. The molecule has 0 unspecified atom stereocenters. The van der Waals surface area contributed by atoms with Crippen molar-refractivity contribution in [1.29, 1.82) is 0 Å². The van der Waals surface area contributed by atoms with E-state index in [-0.39, 0.29) is 4.90 Å². The van der Waals surface area contributed by atoms with Gasteiger partial charge in [-0.3, -0.25) is 0 Å². The largest absolute Gasteiger partial charge is 0.494 e. The maximum absolute atomic E-state index is 11.9. The molecule has 2 rings (SSSR count). The Kier molecular flexibility index (Phi) is 5.09. The van der Waals surface area contributed by atoms with Gasteiger partial charge in [0, 0.05) is 6.26 Å². The molecule has 1 aromatic rings. The Labute approximate surface area is 129 Å². The molecular formula is C14H20BrNO3S. The van der Waals surface area contributed by atoms with E-state index in [1.54, 1.807) is 6.07 Å². The topological polar surface area (TPSA) is 55.4 Å². The highest BCUT2D eigenvalue weighted by Crippen LogP contribution is 2.34. The van der Waals surface area contributed by atoms with E-state index in [1.165, 1.54) is 13.4 Å². The van der Waals surface area contributed by atoms with Crippen molar-refractivity contribution in [2.45, 2.75) is 24.2 Å². The Bertz CT molecular complexity index is 580. The van der Waals surface area contributed by atoms with Gasteiger partial charge in [0.25, 0.3) is 0 Å². The van der Waals surface area contributed by atoms with Gasteiger partial charge in [0.1, 0.15) is 4.90 Å². The summed E-state index contributed by atoms with van der Waals surface area (Å²) in [5, 5.41) is 3.34. The summed E-state index contributed by atoms with van der Waals surface area (Å²) in [6.45, 7) is 2.09. The van der Waals surface area contributed by atoms with E-state index in [9.17, 15) is 8.42 Å². The van der Waals surface area contributed by atoms with Crippen LogP contribution in [0.2, 0.25) is 0 Å². The van der Waals surface area contributed by atoms with Crippen molar-refractivity contribution in [3.63, 3.8) is 0 Å². The molecule has 0 aliphatic carbocycles. The van der Waals surface area contributed by atoms with Crippen LogP contribution in [0.5, 0.6) is 5.75 Å². The molecule has 20 heavy (non-hydrogen) atoms. The fourth-order valence-corrected chi connectivity index (χ4v) is 4.33. The highest BCUT2D eigenvalue weighted by molar-refractivity contribution is 9.10. The van der Waals surface area contributed by atoms with Crippen molar-refractivity contribution in [3.8, 4) is 5.75 Å². The van der Waals surface area contributed by atoms with Crippen LogP contribution in [0.15, 0.2) is 21.5 Å². The Balaban J connectivity index is 2.33. The van der Waals surface area contributed by atoms with Gasteiger partial charge in [-0.05, 0) is 71.9 Å². The molecule has 0 saturated carbocycles. The lowest BCUT2D eigenvalue weighted by Gasteiger charge is -2.23. The monoisotopic (exact) mass is 361 g/mol. The summed E-state index contributed by atoms with van der Waals surface area (Å²) >= 11 is 3.41. The van der Waals surface area contributed by atoms with Crippen LogP contribution in [0.25, 0.3) is 0 Å². The van der Waals surface area contributed by atoms with Gasteiger partial charge in [-0.1, -0.05) is 0 Å². The summed E-state index contributed by atoms with van der Waals surface area (Å²) < 4.78 is 29.7. The number of hydrogen-bond acceptors (Lipinski definition) is 4. The molecule has 1 fully saturated rings. The molecule has 1 aliphatic heterocycles. The van der Waals surface area contributed by atoms with Gasteiger partial charge in [-0.25, -0.2) is 8.42 Å². The van der Waals surface area contributed by atoms with E-state index >= 15 is 0 Å². The summed E-state index contributed by atoms with van der Waals surface area (Å²) in [4.78, 5) is 0.262. The first-order valence-electron chi connectivity index (χ1n) is 6.69. The van der Waals surface area contributed by atoms with E-state index in [2.05, 4.69) is 21.2 Å². The molecule has 0 atom stereocenters. The molecule has 0 aromatic heterocycles. The van der Waals surface area contributed by atoms with E-state index in [0.29, 0.717) is 16.1 Å². The summed E-state index contributed by atoms with van der Waals surface area (Å²) in [5.41, 5.74) is 1.05. The van der Waals surface area contributed by atoms with Crippen LogP contribution in [0, 0.1) is 5.92 Å². The molecule has 1 aliphatic rings. The number of sulfone groups is 1. The van der Waals surface area contributed by atoms with Crippen molar-refractivity contribution in [2.75, 3.05) is 26.5 Å². The highest BCUT2D eigenvalue weighted by atomic mass is 79.9. The molecule has 1 saturated heterocycles. The minimum Gasteiger partial charge on any atom is -0.494 e. The van der Waals surface area contributed by atoms with Crippen LogP contribution in [-0.2, 0) is 16.3 Å². The minimum absolute atomic E-state index is 0.262. The SMILES string of the molecule is COc1c(Br)cc(CC2CCNCC2)cc1S(C)(=O)=O. The average Bonchev–Trinajstić information content (AvgIpc) is 2.38. The average molecular weight is 362 g/mol. The lowest BCUT2D eigenvalue weighted by atomic mass is 9.91. The molecule has 1 N–H and O–H groups in total. The van der Waals surface area contributed by atoms with Crippen molar-refractivity contribution in [2.24, 2.45) is 5.92 Å². The first kappa shape index (κ1) is 15.8. The highest BCUT2D eigenvalue weighted by Gasteiger charge is 2.20. The number of piperidine rings is 1. The van der Waals surface area contributed by atoms with Crippen molar-refractivity contribution in [1.82, 2.24) is 5.32 Å². The summed E-state index contributed by atoms with van der Waals surface area (Å²) in [6.07, 6.45) is 4.40. The molecule has 1 aromatic carbocycles. The number of benzene rings is 1. The van der Waals surface area contributed by atoms with Gasteiger partial charge in [-0.15, -0.1) is 0 Å². The number of nitrogens with one attached hydrogen (secondary N) is 1. The number of methoxy groups -OCH3 is 1. The van der Waals surface area contributed by atoms with Crippen molar-refractivity contribution >= 4 is 25.8 Å². The molecule has 0 spiro atoms. The first-order valence-corrected chi connectivity index (χ1v) is 9.37. The van der Waals surface area contributed by atoms with Crippen LogP contribution >= 0.6 is 15.9 Å². The van der Waals surface area contributed by atoms with E-state index in [0.717, 1.165) is 37.9 Å². The molecule has 4 nitrogen and oxygen atoms in total. The number of ether oxygens (including phenoxy) is 1. The van der Waals surface area contributed by atoms with Crippen LogP contribution in [-0.4, -0.2) is 34.9 Å². The lowest BCUT2D eigenvalue weighted by molar-refractivity contribution is 0.371.